The predicted molar refractivity (Wildman–Crippen MR) is 71.3 cm³/mol. The monoisotopic (exact) mass is 249 g/mol. The van der Waals surface area contributed by atoms with Gasteiger partial charge in [0, 0.05) is 6.04 Å². The SMILES string of the molecule is Cc1nsc(NC2CCCCCCC2)c1C#N. The normalized spacial score (nSPS) is 18.1. The summed E-state index contributed by atoms with van der Waals surface area (Å²) in [6, 6.07) is 2.78. The molecule has 1 saturated carbocycles. The van der Waals surface area contributed by atoms with E-state index >= 15 is 0 Å². The average molecular weight is 249 g/mol. The Kier molecular flexibility index (Phi) is 4.38. The molecule has 0 radical (unpaired) electrons. The minimum Gasteiger partial charge on any atom is -0.372 e. The first-order chi connectivity index (χ1) is 8.31. The molecule has 0 aromatic carbocycles. The van der Waals surface area contributed by atoms with Crippen LogP contribution in [0.5, 0.6) is 0 Å². The largest absolute Gasteiger partial charge is 0.372 e. The van der Waals surface area contributed by atoms with Crippen LogP contribution in [0.2, 0.25) is 0 Å². The number of aryl methyl sites for hydroxylation is 1. The third kappa shape index (κ3) is 3.19. The highest BCUT2D eigenvalue weighted by molar-refractivity contribution is 7.10. The molecule has 4 heteroatoms. The van der Waals surface area contributed by atoms with Crippen LogP contribution in [0.4, 0.5) is 5.00 Å². The van der Waals surface area contributed by atoms with Crippen molar-refractivity contribution in [1.82, 2.24) is 4.37 Å². The molecule has 1 aromatic heterocycles. The fourth-order valence-corrected chi connectivity index (χ4v) is 3.21. The molecule has 0 aliphatic heterocycles. The highest BCUT2D eigenvalue weighted by atomic mass is 32.1. The second kappa shape index (κ2) is 6.02. The Bertz CT molecular complexity index is 397. The lowest BCUT2D eigenvalue weighted by atomic mass is 9.97. The van der Waals surface area contributed by atoms with Crippen molar-refractivity contribution in [3.05, 3.63) is 11.3 Å². The number of hydrogen-bond donors (Lipinski definition) is 1. The Labute approximate surface area is 107 Å². The van der Waals surface area contributed by atoms with Crippen molar-refractivity contribution in [2.24, 2.45) is 0 Å². The summed E-state index contributed by atoms with van der Waals surface area (Å²) in [5, 5.41) is 13.6. The number of aromatic nitrogens is 1. The zero-order chi connectivity index (χ0) is 12.1. The fourth-order valence-electron chi connectivity index (χ4n) is 2.39. The van der Waals surface area contributed by atoms with Gasteiger partial charge in [-0.3, -0.25) is 0 Å². The van der Waals surface area contributed by atoms with E-state index in [-0.39, 0.29) is 0 Å². The lowest BCUT2D eigenvalue weighted by Gasteiger charge is -2.21. The van der Waals surface area contributed by atoms with E-state index in [2.05, 4.69) is 15.8 Å². The molecule has 92 valence electrons. The zero-order valence-corrected chi connectivity index (χ0v) is 11.1. The summed E-state index contributed by atoms with van der Waals surface area (Å²) < 4.78 is 4.25. The van der Waals surface area contributed by atoms with Crippen LogP contribution in [-0.4, -0.2) is 10.4 Å². The number of anilines is 1. The molecule has 17 heavy (non-hydrogen) atoms. The minimum absolute atomic E-state index is 0.530. The Morgan fingerprint density at radius 3 is 2.53 bits per heavy atom. The maximum absolute atomic E-state index is 9.09. The van der Waals surface area contributed by atoms with E-state index in [1.54, 1.807) is 0 Å². The summed E-state index contributed by atoms with van der Waals surface area (Å²) in [6.45, 7) is 1.90. The fraction of sp³-hybridized carbons (Fsp3) is 0.692. The summed E-state index contributed by atoms with van der Waals surface area (Å²) in [7, 11) is 0. The zero-order valence-electron chi connectivity index (χ0n) is 10.3. The quantitative estimate of drug-likeness (QED) is 0.866. The van der Waals surface area contributed by atoms with Crippen molar-refractivity contribution in [2.75, 3.05) is 5.32 Å². The Morgan fingerprint density at radius 2 is 1.88 bits per heavy atom. The molecular weight excluding hydrogens is 230 g/mol. The van der Waals surface area contributed by atoms with Crippen LogP contribution in [0.15, 0.2) is 0 Å². The third-order valence-corrected chi connectivity index (χ3v) is 4.28. The van der Waals surface area contributed by atoms with E-state index in [0.717, 1.165) is 16.3 Å². The van der Waals surface area contributed by atoms with Gasteiger partial charge in [-0.25, -0.2) is 0 Å². The van der Waals surface area contributed by atoms with E-state index in [4.69, 9.17) is 5.26 Å². The van der Waals surface area contributed by atoms with Crippen LogP contribution in [0.1, 0.15) is 56.2 Å². The highest BCUT2D eigenvalue weighted by Gasteiger charge is 2.15. The van der Waals surface area contributed by atoms with Crippen LogP contribution in [0.25, 0.3) is 0 Å². The van der Waals surface area contributed by atoms with E-state index in [1.807, 2.05) is 6.92 Å². The maximum atomic E-state index is 9.09. The summed E-state index contributed by atoms with van der Waals surface area (Å²) in [6.07, 6.45) is 9.14. The molecule has 0 spiro atoms. The molecule has 0 atom stereocenters. The lowest BCUT2D eigenvalue weighted by Crippen LogP contribution is -2.20. The molecule has 1 aliphatic rings. The Hall–Kier alpha value is -1.08. The number of nitrogens with one attached hydrogen (secondary N) is 1. The first kappa shape index (κ1) is 12.4. The highest BCUT2D eigenvalue weighted by Crippen LogP contribution is 2.27. The van der Waals surface area contributed by atoms with Gasteiger partial charge >= 0.3 is 0 Å². The van der Waals surface area contributed by atoms with Crippen molar-refractivity contribution in [2.45, 2.75) is 57.9 Å². The number of hydrogen-bond acceptors (Lipinski definition) is 4. The smallest absolute Gasteiger partial charge is 0.127 e. The predicted octanol–water partition coefficient (Wildman–Crippen LogP) is 3.85. The molecule has 2 rings (SSSR count). The Morgan fingerprint density at radius 1 is 1.24 bits per heavy atom. The molecule has 0 unspecified atom stereocenters. The van der Waals surface area contributed by atoms with Crippen molar-refractivity contribution in [3.8, 4) is 6.07 Å². The van der Waals surface area contributed by atoms with Crippen LogP contribution >= 0.6 is 11.5 Å². The van der Waals surface area contributed by atoms with Crippen molar-refractivity contribution >= 4 is 16.5 Å². The first-order valence-electron chi connectivity index (χ1n) is 6.44. The van der Waals surface area contributed by atoms with Gasteiger partial charge in [-0.05, 0) is 31.3 Å². The topological polar surface area (TPSA) is 48.7 Å². The van der Waals surface area contributed by atoms with E-state index in [9.17, 15) is 0 Å². The van der Waals surface area contributed by atoms with E-state index in [0.29, 0.717) is 6.04 Å². The molecule has 0 amide bonds. The molecule has 1 heterocycles. The summed E-state index contributed by atoms with van der Waals surface area (Å²) in [4.78, 5) is 0. The van der Waals surface area contributed by atoms with Gasteiger partial charge < -0.3 is 5.32 Å². The van der Waals surface area contributed by atoms with Crippen LogP contribution in [0, 0.1) is 18.3 Å². The molecule has 1 aromatic rings. The first-order valence-corrected chi connectivity index (χ1v) is 7.21. The van der Waals surface area contributed by atoms with Gasteiger partial charge in [-0.2, -0.15) is 9.64 Å². The third-order valence-electron chi connectivity index (χ3n) is 3.41. The molecular formula is C13H19N3S. The number of nitrogens with zero attached hydrogens (tertiary/aromatic N) is 2. The summed E-state index contributed by atoms with van der Waals surface area (Å²) in [5.41, 5.74) is 1.59. The lowest BCUT2D eigenvalue weighted by molar-refractivity contribution is 0.472. The van der Waals surface area contributed by atoms with Crippen molar-refractivity contribution in [3.63, 3.8) is 0 Å². The van der Waals surface area contributed by atoms with Gasteiger partial charge in [-0.15, -0.1) is 0 Å². The molecule has 3 nitrogen and oxygen atoms in total. The molecule has 1 N–H and O–H groups in total. The molecule has 1 aliphatic carbocycles. The van der Waals surface area contributed by atoms with Gasteiger partial charge in [0.25, 0.3) is 0 Å². The van der Waals surface area contributed by atoms with Crippen LogP contribution < -0.4 is 5.32 Å². The van der Waals surface area contributed by atoms with Gasteiger partial charge in [0.1, 0.15) is 16.6 Å². The van der Waals surface area contributed by atoms with Crippen molar-refractivity contribution < 1.29 is 0 Å². The summed E-state index contributed by atoms with van der Waals surface area (Å²) >= 11 is 1.42. The van der Waals surface area contributed by atoms with Gasteiger partial charge in [-0.1, -0.05) is 32.1 Å². The van der Waals surface area contributed by atoms with E-state index in [1.165, 1.54) is 56.5 Å². The number of nitriles is 1. The Balaban J connectivity index is 2.01. The van der Waals surface area contributed by atoms with Crippen LogP contribution in [0.3, 0.4) is 0 Å². The number of rotatable bonds is 2. The van der Waals surface area contributed by atoms with E-state index < -0.39 is 0 Å². The maximum Gasteiger partial charge on any atom is 0.127 e. The van der Waals surface area contributed by atoms with Crippen molar-refractivity contribution in [1.29, 1.82) is 5.26 Å². The standard InChI is InChI=1S/C13H19N3S/c1-10-12(9-14)13(17-16-10)15-11-7-5-3-2-4-6-8-11/h11,15H,2-8H2,1H3. The van der Waals surface area contributed by atoms with Gasteiger partial charge in [0.2, 0.25) is 0 Å². The van der Waals surface area contributed by atoms with Gasteiger partial charge in [0.15, 0.2) is 0 Å². The average Bonchev–Trinajstić information content (AvgIpc) is 2.63. The second-order valence-electron chi connectivity index (χ2n) is 4.77. The minimum atomic E-state index is 0.530. The van der Waals surface area contributed by atoms with Gasteiger partial charge in [0.05, 0.1) is 5.69 Å². The molecule has 0 saturated heterocycles. The second-order valence-corrected chi connectivity index (χ2v) is 5.54. The van der Waals surface area contributed by atoms with Crippen LogP contribution in [-0.2, 0) is 0 Å². The molecule has 0 bridgehead atoms. The summed E-state index contributed by atoms with van der Waals surface area (Å²) in [5.74, 6) is 0. The molecule has 1 fully saturated rings.